The molecule has 2 aliphatic rings. The van der Waals surface area contributed by atoms with Crippen molar-refractivity contribution in [1.29, 1.82) is 0 Å². The second kappa shape index (κ2) is 7.42. The molecule has 2 aliphatic heterocycles. The number of carbonyl (C=O) groups excluding carboxylic acids is 2. The minimum Gasteiger partial charge on any atom is -0.372 e. The lowest BCUT2D eigenvalue weighted by Crippen LogP contribution is -2.55. The molecule has 0 saturated carbocycles. The molecule has 0 bridgehead atoms. The van der Waals surface area contributed by atoms with Crippen LogP contribution >= 0.6 is 0 Å². The van der Waals surface area contributed by atoms with Gasteiger partial charge >= 0.3 is 0 Å². The summed E-state index contributed by atoms with van der Waals surface area (Å²) in [7, 11) is 1.68. The zero-order chi connectivity index (χ0) is 16.3. The minimum atomic E-state index is -0.122. The highest BCUT2D eigenvalue weighted by Gasteiger charge is 2.33. The van der Waals surface area contributed by atoms with E-state index < -0.39 is 0 Å². The van der Waals surface area contributed by atoms with Crippen molar-refractivity contribution in [3.63, 3.8) is 0 Å². The van der Waals surface area contributed by atoms with Crippen LogP contribution in [0.15, 0.2) is 0 Å². The molecule has 2 rings (SSSR count). The van der Waals surface area contributed by atoms with Crippen LogP contribution in [0.5, 0.6) is 0 Å². The number of hydrogen-bond donors (Lipinski definition) is 1. The number of likely N-dealkylation sites (tertiary alicyclic amines) is 1. The van der Waals surface area contributed by atoms with E-state index in [2.05, 4.69) is 10.2 Å². The fourth-order valence-electron chi connectivity index (χ4n) is 3.53. The quantitative estimate of drug-likeness (QED) is 0.823. The molecule has 2 amide bonds. The van der Waals surface area contributed by atoms with Crippen LogP contribution in [0.1, 0.15) is 33.6 Å². The smallest absolute Gasteiger partial charge is 0.239 e. The Morgan fingerprint density at radius 3 is 2.18 bits per heavy atom. The second-order valence-electron chi connectivity index (χ2n) is 6.60. The molecule has 2 saturated heterocycles. The molecule has 126 valence electrons. The summed E-state index contributed by atoms with van der Waals surface area (Å²) < 4.78 is 5.69. The highest BCUT2D eigenvalue weighted by Crippen LogP contribution is 2.21. The SMILES string of the molecule is CNC(=O)C1CCN(C(C)C(=O)N2CC(C)OC(C)C2)CC1. The van der Waals surface area contributed by atoms with E-state index >= 15 is 0 Å². The number of nitrogens with one attached hydrogen (secondary N) is 1. The summed E-state index contributed by atoms with van der Waals surface area (Å²) in [5, 5.41) is 2.72. The first kappa shape index (κ1) is 17.2. The first-order valence-electron chi connectivity index (χ1n) is 8.32. The van der Waals surface area contributed by atoms with Crippen molar-refractivity contribution in [3.05, 3.63) is 0 Å². The van der Waals surface area contributed by atoms with E-state index in [0.29, 0.717) is 13.1 Å². The highest BCUT2D eigenvalue weighted by atomic mass is 16.5. The average Bonchev–Trinajstić information content (AvgIpc) is 2.52. The Morgan fingerprint density at radius 2 is 1.68 bits per heavy atom. The lowest BCUT2D eigenvalue weighted by atomic mass is 9.95. The molecule has 0 aromatic rings. The van der Waals surface area contributed by atoms with Crippen molar-refractivity contribution in [2.24, 2.45) is 5.92 Å². The van der Waals surface area contributed by atoms with Crippen LogP contribution in [0.25, 0.3) is 0 Å². The summed E-state index contributed by atoms with van der Waals surface area (Å²) in [4.78, 5) is 28.5. The standard InChI is InChI=1S/C16H29N3O3/c1-11-9-19(10-12(2)22-11)16(21)13(3)18-7-5-14(6-8-18)15(20)17-4/h11-14H,5-10H2,1-4H3,(H,17,20). The fourth-order valence-corrected chi connectivity index (χ4v) is 3.53. The van der Waals surface area contributed by atoms with Gasteiger partial charge in [0.25, 0.3) is 0 Å². The molecule has 22 heavy (non-hydrogen) atoms. The molecular weight excluding hydrogens is 282 g/mol. The van der Waals surface area contributed by atoms with E-state index in [9.17, 15) is 9.59 Å². The van der Waals surface area contributed by atoms with E-state index in [1.54, 1.807) is 7.05 Å². The van der Waals surface area contributed by atoms with E-state index in [0.717, 1.165) is 25.9 Å². The first-order valence-corrected chi connectivity index (χ1v) is 8.32. The molecule has 0 aromatic heterocycles. The normalized spacial score (nSPS) is 29.2. The Bertz CT molecular complexity index is 397. The fraction of sp³-hybridized carbons (Fsp3) is 0.875. The predicted molar refractivity (Wildman–Crippen MR) is 84.4 cm³/mol. The van der Waals surface area contributed by atoms with Gasteiger partial charge in [-0.05, 0) is 46.7 Å². The lowest BCUT2D eigenvalue weighted by molar-refractivity contribution is -0.148. The summed E-state index contributed by atoms with van der Waals surface area (Å²) >= 11 is 0. The summed E-state index contributed by atoms with van der Waals surface area (Å²) in [6.07, 6.45) is 1.85. The van der Waals surface area contributed by atoms with Crippen LogP contribution in [0.4, 0.5) is 0 Å². The maximum Gasteiger partial charge on any atom is 0.239 e. The van der Waals surface area contributed by atoms with Crippen LogP contribution in [0.2, 0.25) is 0 Å². The number of nitrogens with zero attached hydrogens (tertiary/aromatic N) is 2. The first-order chi connectivity index (χ1) is 10.4. The van der Waals surface area contributed by atoms with Crippen molar-refractivity contribution in [1.82, 2.24) is 15.1 Å². The van der Waals surface area contributed by atoms with Gasteiger partial charge in [0.2, 0.25) is 11.8 Å². The molecule has 1 N–H and O–H groups in total. The number of ether oxygens (including phenoxy) is 1. The maximum atomic E-state index is 12.7. The summed E-state index contributed by atoms with van der Waals surface area (Å²) in [6.45, 7) is 8.95. The van der Waals surface area contributed by atoms with E-state index in [-0.39, 0.29) is 36.0 Å². The van der Waals surface area contributed by atoms with Crippen molar-refractivity contribution in [3.8, 4) is 0 Å². The third-order valence-electron chi connectivity index (χ3n) is 4.78. The third-order valence-corrected chi connectivity index (χ3v) is 4.78. The van der Waals surface area contributed by atoms with Gasteiger partial charge in [0.05, 0.1) is 18.2 Å². The van der Waals surface area contributed by atoms with Crippen LogP contribution in [-0.2, 0) is 14.3 Å². The van der Waals surface area contributed by atoms with Crippen molar-refractivity contribution in [2.75, 3.05) is 33.2 Å². The molecule has 6 heteroatoms. The molecule has 0 aromatic carbocycles. The Balaban J connectivity index is 1.88. The van der Waals surface area contributed by atoms with Gasteiger partial charge in [-0.25, -0.2) is 0 Å². The monoisotopic (exact) mass is 311 g/mol. The molecular formula is C16H29N3O3. The Morgan fingerprint density at radius 1 is 1.14 bits per heavy atom. The van der Waals surface area contributed by atoms with Gasteiger partial charge in [-0.15, -0.1) is 0 Å². The maximum absolute atomic E-state index is 12.7. The second-order valence-corrected chi connectivity index (χ2v) is 6.60. The van der Waals surface area contributed by atoms with Crippen LogP contribution in [-0.4, -0.2) is 73.1 Å². The zero-order valence-corrected chi connectivity index (χ0v) is 14.2. The van der Waals surface area contributed by atoms with Gasteiger partial charge in [-0.3, -0.25) is 14.5 Å². The molecule has 3 unspecified atom stereocenters. The molecule has 2 fully saturated rings. The molecule has 0 spiro atoms. The lowest BCUT2D eigenvalue weighted by Gasteiger charge is -2.40. The van der Waals surface area contributed by atoms with Crippen molar-refractivity contribution < 1.29 is 14.3 Å². The van der Waals surface area contributed by atoms with Crippen LogP contribution in [0.3, 0.4) is 0 Å². The summed E-state index contributed by atoms with van der Waals surface area (Å²) in [5.74, 6) is 0.391. The minimum absolute atomic E-state index is 0.0898. The van der Waals surface area contributed by atoms with Gasteiger partial charge < -0.3 is 15.0 Å². The van der Waals surface area contributed by atoms with Crippen LogP contribution in [0, 0.1) is 5.92 Å². The van der Waals surface area contributed by atoms with E-state index in [4.69, 9.17) is 4.74 Å². The third kappa shape index (κ3) is 3.98. The molecule has 0 aliphatic carbocycles. The number of morpholine rings is 1. The van der Waals surface area contributed by atoms with Crippen molar-refractivity contribution in [2.45, 2.75) is 51.9 Å². The van der Waals surface area contributed by atoms with E-state index in [1.165, 1.54) is 0 Å². The average molecular weight is 311 g/mol. The molecule has 3 atom stereocenters. The summed E-state index contributed by atoms with van der Waals surface area (Å²) in [5.41, 5.74) is 0. The van der Waals surface area contributed by atoms with Gasteiger partial charge in [-0.2, -0.15) is 0 Å². The molecule has 2 heterocycles. The summed E-state index contributed by atoms with van der Waals surface area (Å²) in [6, 6.07) is -0.122. The van der Waals surface area contributed by atoms with E-state index in [1.807, 2.05) is 25.7 Å². The Kier molecular flexibility index (Phi) is 5.81. The number of amides is 2. The molecule has 6 nitrogen and oxygen atoms in total. The predicted octanol–water partition coefficient (Wildman–Crippen LogP) is 0.469. The van der Waals surface area contributed by atoms with Gasteiger partial charge in [0, 0.05) is 26.1 Å². The topological polar surface area (TPSA) is 61.9 Å². The highest BCUT2D eigenvalue weighted by molar-refractivity contribution is 5.82. The van der Waals surface area contributed by atoms with Crippen molar-refractivity contribution >= 4 is 11.8 Å². The number of hydrogen-bond acceptors (Lipinski definition) is 4. The zero-order valence-electron chi connectivity index (χ0n) is 14.2. The largest absolute Gasteiger partial charge is 0.372 e. The Hall–Kier alpha value is -1.14. The van der Waals surface area contributed by atoms with Gasteiger partial charge in [0.1, 0.15) is 0 Å². The number of piperidine rings is 1. The van der Waals surface area contributed by atoms with Crippen LogP contribution < -0.4 is 5.32 Å². The van der Waals surface area contributed by atoms with Gasteiger partial charge in [-0.1, -0.05) is 0 Å². The Labute approximate surface area is 133 Å². The number of rotatable bonds is 3. The number of carbonyl (C=O) groups is 2. The molecule has 0 radical (unpaired) electrons. The van der Waals surface area contributed by atoms with Gasteiger partial charge in [0.15, 0.2) is 0 Å².